The Labute approximate surface area is 123 Å². The fourth-order valence-corrected chi connectivity index (χ4v) is 2.10. The highest BCUT2D eigenvalue weighted by atomic mass is 16.5. The lowest BCUT2D eigenvalue weighted by atomic mass is 10.1. The average Bonchev–Trinajstić information content (AvgIpc) is 2.53. The molecule has 108 valence electrons. The molecule has 0 heterocycles. The Balaban J connectivity index is 2.27. The van der Waals surface area contributed by atoms with Crippen molar-refractivity contribution in [2.75, 3.05) is 7.11 Å². The van der Waals surface area contributed by atoms with Crippen LogP contribution in [0.4, 0.5) is 5.69 Å². The van der Waals surface area contributed by atoms with Crippen LogP contribution in [-0.2, 0) is 0 Å². The van der Waals surface area contributed by atoms with Crippen molar-refractivity contribution in [1.29, 1.82) is 0 Å². The molecule has 2 rings (SSSR count). The molecule has 0 aliphatic carbocycles. The summed E-state index contributed by atoms with van der Waals surface area (Å²) >= 11 is 0. The Morgan fingerprint density at radius 3 is 2.57 bits per heavy atom. The highest BCUT2D eigenvalue weighted by Gasteiger charge is 2.14. The zero-order valence-electron chi connectivity index (χ0n) is 12.1. The van der Waals surface area contributed by atoms with Crippen molar-refractivity contribution in [3.8, 4) is 11.5 Å². The molecule has 0 spiro atoms. The van der Waals surface area contributed by atoms with Gasteiger partial charge in [-0.3, -0.25) is 0 Å². The van der Waals surface area contributed by atoms with Crippen LogP contribution in [0.5, 0.6) is 11.5 Å². The van der Waals surface area contributed by atoms with Crippen molar-refractivity contribution in [3.05, 3.63) is 64.5 Å². The minimum absolute atomic E-state index is 0.129. The van der Waals surface area contributed by atoms with Crippen LogP contribution in [-0.4, -0.2) is 7.11 Å². The van der Waals surface area contributed by atoms with Gasteiger partial charge in [0.05, 0.1) is 7.11 Å². The van der Waals surface area contributed by atoms with E-state index in [1.54, 1.807) is 13.2 Å². The van der Waals surface area contributed by atoms with Gasteiger partial charge < -0.3 is 9.47 Å². The summed E-state index contributed by atoms with van der Waals surface area (Å²) in [7, 11) is 1.62. The van der Waals surface area contributed by atoms with Crippen LogP contribution in [0, 0.1) is 0 Å². The molecule has 21 heavy (non-hydrogen) atoms. The molecule has 0 fully saturated rings. The number of para-hydroxylation sites is 2. The molecular weight excluding hydrogens is 266 g/mol. The molecular formula is C16H17N3O2. The van der Waals surface area contributed by atoms with Gasteiger partial charge in [-0.05, 0) is 35.7 Å². The van der Waals surface area contributed by atoms with Crippen LogP contribution >= 0.6 is 0 Å². The molecule has 2 aromatic rings. The van der Waals surface area contributed by atoms with Gasteiger partial charge in [0.15, 0.2) is 11.5 Å². The van der Waals surface area contributed by atoms with E-state index in [0.717, 1.165) is 12.0 Å². The number of azide groups is 1. The molecule has 0 saturated heterocycles. The molecule has 0 radical (unpaired) electrons. The SMILES string of the molecule is CCC(Oc1ccccc1OC)c1cccc(N=[N+]=[N-])c1. The van der Waals surface area contributed by atoms with E-state index in [9.17, 15) is 0 Å². The summed E-state index contributed by atoms with van der Waals surface area (Å²) < 4.78 is 11.3. The van der Waals surface area contributed by atoms with Gasteiger partial charge in [-0.25, -0.2) is 0 Å². The molecule has 1 unspecified atom stereocenters. The zero-order chi connectivity index (χ0) is 15.1. The van der Waals surface area contributed by atoms with E-state index < -0.39 is 0 Å². The molecule has 0 amide bonds. The van der Waals surface area contributed by atoms with Crippen LogP contribution in [0.15, 0.2) is 53.6 Å². The second-order valence-corrected chi connectivity index (χ2v) is 4.45. The number of ether oxygens (including phenoxy) is 2. The van der Waals surface area contributed by atoms with Gasteiger partial charge in [0.2, 0.25) is 0 Å². The fourth-order valence-electron chi connectivity index (χ4n) is 2.10. The van der Waals surface area contributed by atoms with E-state index in [4.69, 9.17) is 15.0 Å². The second-order valence-electron chi connectivity index (χ2n) is 4.45. The molecule has 5 nitrogen and oxygen atoms in total. The van der Waals surface area contributed by atoms with E-state index in [1.807, 2.05) is 49.4 Å². The Kier molecular flexibility index (Phi) is 5.07. The van der Waals surface area contributed by atoms with Crippen LogP contribution < -0.4 is 9.47 Å². The molecule has 1 atom stereocenters. The van der Waals surface area contributed by atoms with Gasteiger partial charge in [0.25, 0.3) is 0 Å². The number of rotatable bonds is 6. The van der Waals surface area contributed by atoms with E-state index in [-0.39, 0.29) is 6.10 Å². The van der Waals surface area contributed by atoms with Crippen molar-refractivity contribution < 1.29 is 9.47 Å². The molecule has 5 heteroatoms. The summed E-state index contributed by atoms with van der Waals surface area (Å²) in [6.45, 7) is 2.04. The average molecular weight is 283 g/mol. The van der Waals surface area contributed by atoms with Crippen LogP contribution in [0.2, 0.25) is 0 Å². The first-order chi connectivity index (χ1) is 10.3. The summed E-state index contributed by atoms with van der Waals surface area (Å²) in [5.41, 5.74) is 10.1. The third-order valence-electron chi connectivity index (χ3n) is 3.11. The summed E-state index contributed by atoms with van der Waals surface area (Å²) in [4.78, 5) is 2.81. The van der Waals surface area contributed by atoms with E-state index >= 15 is 0 Å². The molecule has 0 bridgehead atoms. The van der Waals surface area contributed by atoms with Crippen molar-refractivity contribution in [1.82, 2.24) is 0 Å². The maximum Gasteiger partial charge on any atom is 0.162 e. The van der Waals surface area contributed by atoms with Gasteiger partial charge in [0.1, 0.15) is 6.10 Å². The van der Waals surface area contributed by atoms with Crippen molar-refractivity contribution in [2.24, 2.45) is 5.11 Å². The van der Waals surface area contributed by atoms with Crippen LogP contribution in [0.25, 0.3) is 10.4 Å². The smallest absolute Gasteiger partial charge is 0.162 e. The summed E-state index contributed by atoms with van der Waals surface area (Å²) in [5, 5.41) is 3.63. The molecule has 0 N–H and O–H groups in total. The Morgan fingerprint density at radius 2 is 1.90 bits per heavy atom. The standard InChI is InChI=1S/C16H17N3O2/c1-3-14(12-7-6-8-13(11-12)18-19-17)21-16-10-5-4-9-15(16)20-2/h4-11,14H,3H2,1-2H3. The maximum absolute atomic E-state index is 8.52. The number of hydrogen-bond donors (Lipinski definition) is 0. The topological polar surface area (TPSA) is 67.2 Å². The second kappa shape index (κ2) is 7.22. The zero-order valence-corrected chi connectivity index (χ0v) is 12.1. The third kappa shape index (κ3) is 3.68. The minimum Gasteiger partial charge on any atom is -0.493 e. The third-order valence-corrected chi connectivity index (χ3v) is 3.11. The predicted octanol–water partition coefficient (Wildman–Crippen LogP) is 5.17. The van der Waals surface area contributed by atoms with Crippen molar-refractivity contribution in [3.63, 3.8) is 0 Å². The first kappa shape index (κ1) is 14.8. The summed E-state index contributed by atoms with van der Waals surface area (Å²) in [6, 6.07) is 14.9. The quantitative estimate of drug-likeness (QED) is 0.417. The first-order valence-electron chi connectivity index (χ1n) is 6.73. The lowest BCUT2D eigenvalue weighted by Gasteiger charge is -2.20. The predicted molar refractivity (Wildman–Crippen MR) is 81.9 cm³/mol. The van der Waals surface area contributed by atoms with Crippen LogP contribution in [0.3, 0.4) is 0 Å². The Bertz CT molecular complexity index is 651. The summed E-state index contributed by atoms with van der Waals surface area (Å²) in [5.74, 6) is 1.39. The monoisotopic (exact) mass is 283 g/mol. The molecule has 2 aromatic carbocycles. The highest BCUT2D eigenvalue weighted by Crippen LogP contribution is 2.32. The molecule has 0 saturated carbocycles. The highest BCUT2D eigenvalue weighted by molar-refractivity contribution is 5.43. The maximum atomic E-state index is 8.52. The molecule has 0 aliphatic rings. The Morgan fingerprint density at radius 1 is 1.14 bits per heavy atom. The van der Waals surface area contributed by atoms with Gasteiger partial charge >= 0.3 is 0 Å². The van der Waals surface area contributed by atoms with Crippen LogP contribution in [0.1, 0.15) is 25.0 Å². The largest absolute Gasteiger partial charge is 0.493 e. The first-order valence-corrected chi connectivity index (χ1v) is 6.73. The summed E-state index contributed by atoms with van der Waals surface area (Å²) in [6.07, 6.45) is 0.660. The van der Waals surface area contributed by atoms with E-state index in [1.165, 1.54) is 0 Å². The lowest BCUT2D eigenvalue weighted by molar-refractivity contribution is 0.192. The number of methoxy groups -OCH3 is 1. The number of benzene rings is 2. The lowest BCUT2D eigenvalue weighted by Crippen LogP contribution is -2.07. The number of hydrogen-bond acceptors (Lipinski definition) is 3. The fraction of sp³-hybridized carbons (Fsp3) is 0.250. The van der Waals surface area contributed by atoms with Crippen molar-refractivity contribution >= 4 is 5.69 Å². The Hall–Kier alpha value is -2.65. The van der Waals surface area contributed by atoms with Crippen molar-refractivity contribution in [2.45, 2.75) is 19.4 Å². The molecule has 0 aliphatic heterocycles. The van der Waals surface area contributed by atoms with E-state index in [0.29, 0.717) is 17.2 Å². The van der Waals surface area contributed by atoms with Gasteiger partial charge in [-0.1, -0.05) is 42.4 Å². The van der Waals surface area contributed by atoms with Gasteiger partial charge in [-0.2, -0.15) is 0 Å². The van der Waals surface area contributed by atoms with E-state index in [2.05, 4.69) is 10.0 Å². The minimum atomic E-state index is -0.129. The van der Waals surface area contributed by atoms with Gasteiger partial charge in [0, 0.05) is 10.6 Å². The normalized spacial score (nSPS) is 11.3. The number of nitrogens with zero attached hydrogens (tertiary/aromatic N) is 3. The molecule has 0 aromatic heterocycles. The van der Waals surface area contributed by atoms with Gasteiger partial charge in [-0.15, -0.1) is 0 Å².